The molecule has 10 heavy (non-hydrogen) atoms. The monoisotopic (exact) mass is 135 g/mol. The van der Waals surface area contributed by atoms with E-state index < -0.39 is 0 Å². The third-order valence-electron chi connectivity index (χ3n) is 1.29. The minimum Gasteiger partial charge on any atom is -0.323 e. The summed E-state index contributed by atoms with van der Waals surface area (Å²) < 4.78 is 0. The number of nitrogens with two attached hydrogens (primary N) is 1. The smallest absolute Gasteiger partial charge is 0.0642 e. The van der Waals surface area contributed by atoms with Crippen LogP contribution in [0.2, 0.25) is 0 Å². The van der Waals surface area contributed by atoms with E-state index in [1.165, 1.54) is 0 Å². The van der Waals surface area contributed by atoms with Crippen LogP contribution in [-0.4, -0.2) is 10.7 Å². The van der Waals surface area contributed by atoms with Crippen LogP contribution >= 0.6 is 0 Å². The average Bonchev–Trinajstić information content (AvgIpc) is 2.05. The lowest BCUT2D eigenvalue weighted by molar-refractivity contribution is 1.23. The average molecular weight is 135 g/mol. The molecule has 0 atom stereocenters. The van der Waals surface area contributed by atoms with E-state index in [1.54, 1.807) is 12.4 Å². The van der Waals surface area contributed by atoms with Gasteiger partial charge in [0.05, 0.1) is 5.71 Å². The zero-order valence-electron chi connectivity index (χ0n) is 5.78. The van der Waals surface area contributed by atoms with Crippen molar-refractivity contribution < 1.29 is 0 Å². The molecule has 0 aliphatic heterocycles. The van der Waals surface area contributed by atoms with E-state index in [-0.39, 0.29) is 0 Å². The Bertz CT molecular complexity index is 228. The standard InChI is InChI=1S/C7H9N3/c1-6(10-8)7-2-4-9-5-3-7/h2-5H,8H2,1H3/b10-6-. The van der Waals surface area contributed by atoms with Gasteiger partial charge in [-0.2, -0.15) is 5.10 Å². The minimum absolute atomic E-state index is 0.822. The Morgan fingerprint density at radius 2 is 2.10 bits per heavy atom. The number of aromatic nitrogens is 1. The lowest BCUT2D eigenvalue weighted by Gasteiger charge is -1.94. The summed E-state index contributed by atoms with van der Waals surface area (Å²) in [5.41, 5.74) is 1.83. The summed E-state index contributed by atoms with van der Waals surface area (Å²) in [6.07, 6.45) is 3.42. The first-order valence-corrected chi connectivity index (χ1v) is 2.99. The van der Waals surface area contributed by atoms with Gasteiger partial charge in [0, 0.05) is 18.0 Å². The first-order chi connectivity index (χ1) is 4.84. The molecule has 0 radical (unpaired) electrons. The summed E-state index contributed by atoms with van der Waals surface area (Å²) in [5, 5.41) is 3.55. The molecule has 1 aromatic rings. The molecule has 0 saturated carbocycles. The van der Waals surface area contributed by atoms with Gasteiger partial charge < -0.3 is 5.84 Å². The van der Waals surface area contributed by atoms with Crippen LogP contribution in [0, 0.1) is 0 Å². The van der Waals surface area contributed by atoms with Gasteiger partial charge >= 0.3 is 0 Å². The molecule has 0 bridgehead atoms. The van der Waals surface area contributed by atoms with Crippen molar-refractivity contribution in [3.8, 4) is 0 Å². The molecule has 0 aliphatic rings. The van der Waals surface area contributed by atoms with Gasteiger partial charge in [0.15, 0.2) is 0 Å². The molecule has 0 aromatic carbocycles. The summed E-state index contributed by atoms with van der Waals surface area (Å²) in [5.74, 6) is 5.07. The Kier molecular flexibility index (Phi) is 1.99. The van der Waals surface area contributed by atoms with Gasteiger partial charge in [-0.3, -0.25) is 4.98 Å². The Labute approximate surface area is 59.6 Å². The maximum atomic E-state index is 5.07. The normalized spacial score (nSPS) is 11.5. The fourth-order valence-corrected chi connectivity index (χ4v) is 0.668. The lowest BCUT2D eigenvalue weighted by atomic mass is 10.2. The number of hydrazone groups is 1. The predicted molar refractivity (Wildman–Crippen MR) is 40.6 cm³/mol. The molecule has 0 spiro atoms. The minimum atomic E-state index is 0.822. The Morgan fingerprint density at radius 3 is 2.60 bits per heavy atom. The summed E-state index contributed by atoms with van der Waals surface area (Å²) in [7, 11) is 0. The third-order valence-corrected chi connectivity index (χ3v) is 1.29. The van der Waals surface area contributed by atoms with Crippen LogP contribution < -0.4 is 5.84 Å². The quantitative estimate of drug-likeness (QED) is 0.351. The first kappa shape index (κ1) is 6.74. The molecule has 0 aliphatic carbocycles. The maximum absolute atomic E-state index is 5.07. The van der Waals surface area contributed by atoms with Gasteiger partial charge in [0.2, 0.25) is 0 Å². The van der Waals surface area contributed by atoms with E-state index in [0.29, 0.717) is 0 Å². The van der Waals surface area contributed by atoms with Crippen LogP contribution in [0.15, 0.2) is 29.6 Å². The van der Waals surface area contributed by atoms with E-state index in [0.717, 1.165) is 11.3 Å². The summed E-state index contributed by atoms with van der Waals surface area (Å²) in [6.45, 7) is 1.86. The number of pyridine rings is 1. The molecule has 1 rings (SSSR count). The van der Waals surface area contributed by atoms with Crippen LogP contribution in [-0.2, 0) is 0 Å². The highest BCUT2D eigenvalue weighted by atomic mass is 15.1. The van der Waals surface area contributed by atoms with Crippen molar-refractivity contribution in [2.24, 2.45) is 10.9 Å². The second-order valence-corrected chi connectivity index (χ2v) is 1.95. The molecule has 0 fully saturated rings. The van der Waals surface area contributed by atoms with Crippen LogP contribution in [0.3, 0.4) is 0 Å². The molecule has 52 valence electrons. The highest BCUT2D eigenvalue weighted by molar-refractivity contribution is 5.98. The summed E-state index contributed by atoms with van der Waals surface area (Å²) in [6, 6.07) is 3.73. The zero-order chi connectivity index (χ0) is 7.40. The van der Waals surface area contributed by atoms with Crippen molar-refractivity contribution >= 4 is 5.71 Å². The molecule has 3 nitrogen and oxygen atoms in total. The van der Waals surface area contributed by atoms with Crippen LogP contribution in [0.1, 0.15) is 12.5 Å². The molecule has 0 amide bonds. The van der Waals surface area contributed by atoms with Gasteiger partial charge in [0.1, 0.15) is 0 Å². The third kappa shape index (κ3) is 1.31. The predicted octanol–water partition coefficient (Wildman–Crippen LogP) is 0.764. The summed E-state index contributed by atoms with van der Waals surface area (Å²) >= 11 is 0. The van der Waals surface area contributed by atoms with E-state index >= 15 is 0 Å². The van der Waals surface area contributed by atoms with Gasteiger partial charge in [-0.1, -0.05) is 0 Å². The van der Waals surface area contributed by atoms with Gasteiger partial charge in [-0.05, 0) is 19.1 Å². The molecular formula is C7H9N3. The second-order valence-electron chi connectivity index (χ2n) is 1.95. The van der Waals surface area contributed by atoms with Crippen molar-refractivity contribution in [3.05, 3.63) is 30.1 Å². The molecular weight excluding hydrogens is 126 g/mol. The van der Waals surface area contributed by atoms with Crippen molar-refractivity contribution in [2.75, 3.05) is 0 Å². The lowest BCUT2D eigenvalue weighted by Crippen LogP contribution is -1.97. The van der Waals surface area contributed by atoms with Crippen molar-refractivity contribution in [2.45, 2.75) is 6.92 Å². The topological polar surface area (TPSA) is 51.3 Å². The highest BCUT2D eigenvalue weighted by Gasteiger charge is 1.92. The number of hydrogen-bond acceptors (Lipinski definition) is 3. The first-order valence-electron chi connectivity index (χ1n) is 2.99. The maximum Gasteiger partial charge on any atom is 0.0642 e. The molecule has 0 saturated heterocycles. The van der Waals surface area contributed by atoms with E-state index in [2.05, 4.69) is 10.1 Å². The number of rotatable bonds is 1. The van der Waals surface area contributed by atoms with Gasteiger partial charge in [-0.25, -0.2) is 0 Å². The van der Waals surface area contributed by atoms with Crippen LogP contribution in [0.4, 0.5) is 0 Å². The summed E-state index contributed by atoms with van der Waals surface area (Å²) in [4.78, 5) is 3.87. The molecule has 0 unspecified atom stereocenters. The number of nitrogens with zero attached hydrogens (tertiary/aromatic N) is 2. The highest BCUT2D eigenvalue weighted by Crippen LogP contribution is 1.96. The van der Waals surface area contributed by atoms with Crippen LogP contribution in [0.25, 0.3) is 0 Å². The molecule has 1 heterocycles. The zero-order valence-corrected chi connectivity index (χ0v) is 5.78. The Hall–Kier alpha value is -1.38. The van der Waals surface area contributed by atoms with Gasteiger partial charge in [0.25, 0.3) is 0 Å². The van der Waals surface area contributed by atoms with Crippen molar-refractivity contribution in [1.82, 2.24) is 4.98 Å². The largest absolute Gasteiger partial charge is 0.323 e. The Morgan fingerprint density at radius 1 is 1.50 bits per heavy atom. The molecule has 1 aromatic heterocycles. The fourth-order valence-electron chi connectivity index (χ4n) is 0.668. The molecule has 3 heteroatoms. The van der Waals surface area contributed by atoms with Crippen LogP contribution in [0.5, 0.6) is 0 Å². The second kappa shape index (κ2) is 2.96. The van der Waals surface area contributed by atoms with Gasteiger partial charge in [-0.15, -0.1) is 0 Å². The molecule has 2 N–H and O–H groups in total. The van der Waals surface area contributed by atoms with E-state index in [1.807, 2.05) is 19.1 Å². The fraction of sp³-hybridized carbons (Fsp3) is 0.143. The Balaban J connectivity index is 2.96. The van der Waals surface area contributed by atoms with E-state index in [4.69, 9.17) is 5.84 Å². The van der Waals surface area contributed by atoms with Crippen molar-refractivity contribution in [3.63, 3.8) is 0 Å². The van der Waals surface area contributed by atoms with Crippen molar-refractivity contribution in [1.29, 1.82) is 0 Å². The number of hydrogen-bond donors (Lipinski definition) is 1. The SMILES string of the molecule is C/C(=N/N)c1ccncc1. The van der Waals surface area contributed by atoms with E-state index in [9.17, 15) is 0 Å².